The Morgan fingerprint density at radius 1 is 1.06 bits per heavy atom. The lowest BCUT2D eigenvalue weighted by atomic mass is 10.2. The van der Waals surface area contributed by atoms with E-state index in [1.807, 2.05) is 23.5 Å². The number of thioether (sulfide) groups is 2. The zero-order valence-electron chi connectivity index (χ0n) is 10.5. The maximum absolute atomic E-state index is 2.41. The fourth-order valence-electron chi connectivity index (χ4n) is 2.23. The van der Waals surface area contributed by atoms with Crippen molar-refractivity contribution in [1.29, 1.82) is 0 Å². The third-order valence-electron chi connectivity index (χ3n) is 3.04. The van der Waals surface area contributed by atoms with Crippen LogP contribution in [-0.4, -0.2) is 27.2 Å². The van der Waals surface area contributed by atoms with E-state index in [9.17, 15) is 0 Å². The molecule has 9 heteroatoms. The summed E-state index contributed by atoms with van der Waals surface area (Å²) in [6.07, 6.45) is 8.68. The minimum Gasteiger partial charge on any atom is -1.00 e. The highest BCUT2D eigenvalue weighted by molar-refractivity contribution is 8.15. The molecule has 0 spiro atoms. The summed E-state index contributed by atoms with van der Waals surface area (Å²) < 4.78 is 9.24. The van der Waals surface area contributed by atoms with Gasteiger partial charge in [-0.3, -0.25) is 0 Å². The van der Waals surface area contributed by atoms with E-state index in [4.69, 9.17) is 0 Å². The van der Waals surface area contributed by atoms with Crippen molar-refractivity contribution in [3.63, 3.8) is 0 Å². The minimum atomic E-state index is -0.325. The Labute approximate surface area is 121 Å². The van der Waals surface area contributed by atoms with Gasteiger partial charge in [-0.25, -0.2) is 9.13 Å². The number of fused-ring (bicyclic) bond motifs is 2. The van der Waals surface area contributed by atoms with E-state index in [1.165, 1.54) is 10.3 Å². The largest absolute Gasteiger partial charge is 1.00 e. The molecule has 0 saturated heterocycles. The molecule has 100 valence electrons. The van der Waals surface area contributed by atoms with Crippen LogP contribution in [0.3, 0.4) is 0 Å². The van der Waals surface area contributed by atoms with Crippen LogP contribution in [0.15, 0.2) is 35.1 Å². The summed E-state index contributed by atoms with van der Waals surface area (Å²) >= 11 is 3.85. The molecule has 3 rings (SSSR count). The normalized spacial score (nSPS) is 13.4. The Kier molecular flexibility index (Phi) is 5.21. The van der Waals surface area contributed by atoms with Gasteiger partial charge in [0.1, 0.15) is 12.4 Å². The molecule has 2 aromatic heterocycles. The number of imidazole rings is 2. The van der Waals surface area contributed by atoms with Gasteiger partial charge in [0.2, 0.25) is 0 Å². The van der Waals surface area contributed by atoms with Crippen LogP contribution in [-0.2, 0) is 14.1 Å². The molecule has 18 heavy (non-hydrogen) atoms. The van der Waals surface area contributed by atoms with Crippen LogP contribution in [0.2, 0.25) is 0 Å². The van der Waals surface area contributed by atoms with Crippen LogP contribution >= 0.6 is 23.5 Å². The van der Waals surface area contributed by atoms with Crippen molar-refractivity contribution in [2.45, 2.75) is 10.3 Å². The topological polar surface area (TPSA) is 49.1 Å². The minimum absolute atomic E-state index is 0. The van der Waals surface area contributed by atoms with Crippen molar-refractivity contribution >= 4 is 31.1 Å². The second-order valence-corrected chi connectivity index (χ2v) is 6.46. The van der Waals surface area contributed by atoms with Gasteiger partial charge in [0.05, 0.1) is 31.6 Å². The number of aryl methyl sites for hydroxylation is 2. The van der Waals surface area contributed by atoms with Gasteiger partial charge in [0.25, 0.3) is 10.3 Å². The van der Waals surface area contributed by atoms with Crippen molar-refractivity contribution in [2.24, 2.45) is 14.1 Å². The molecule has 0 aliphatic carbocycles. The highest BCUT2D eigenvalue weighted by Crippen LogP contribution is 2.24. The van der Waals surface area contributed by atoms with Gasteiger partial charge >= 0.3 is 7.55 Å². The van der Waals surface area contributed by atoms with E-state index in [0.717, 1.165) is 5.08 Å². The van der Waals surface area contributed by atoms with Crippen LogP contribution in [0.4, 0.5) is 0 Å². The van der Waals surface area contributed by atoms with E-state index < -0.39 is 0 Å². The second kappa shape index (κ2) is 6.05. The van der Waals surface area contributed by atoms with Crippen molar-refractivity contribution < 1.29 is 26.8 Å². The number of rotatable bonds is 0. The van der Waals surface area contributed by atoms with Crippen molar-refractivity contribution in [3.8, 4) is 0 Å². The fraction of sp³-hybridized carbons (Fsp3) is 0.333. The van der Waals surface area contributed by atoms with E-state index in [2.05, 4.69) is 57.0 Å². The molecule has 3 heterocycles. The van der Waals surface area contributed by atoms with Crippen LogP contribution < -0.4 is 21.4 Å². The molecule has 0 radical (unpaired) electrons. The molecule has 0 atom stereocenters. The highest BCUT2D eigenvalue weighted by atomic mass is 35.5. The summed E-state index contributed by atoms with van der Waals surface area (Å²) in [5.74, 6) is 0. The van der Waals surface area contributed by atoms with Gasteiger partial charge in [0, 0.05) is 0 Å². The summed E-state index contributed by atoms with van der Waals surface area (Å²) in [7, 11) is 3.91. The fourth-order valence-corrected chi connectivity index (χ4v) is 4.53. The van der Waals surface area contributed by atoms with Gasteiger partial charge in [-0.05, 0) is 23.5 Å². The highest BCUT2D eigenvalue weighted by Gasteiger charge is 2.21. The molecular weight excluding hydrogens is 291 g/mol. The first-order chi connectivity index (χ1) is 7.75. The van der Waals surface area contributed by atoms with Crippen LogP contribution in [0.25, 0.3) is 0 Å². The molecule has 2 aromatic rings. The van der Waals surface area contributed by atoms with E-state index in [-0.39, 0.29) is 25.4 Å². The summed E-state index contributed by atoms with van der Waals surface area (Å²) in [4.78, 5) is 0. The number of nitrogens with zero attached hydrogens (tertiary/aromatic N) is 4. The first-order valence-electron chi connectivity index (χ1n) is 5.37. The third kappa shape index (κ3) is 2.56. The smallest absolute Gasteiger partial charge is 0.357 e. The molecule has 5 nitrogen and oxygen atoms in total. The lowest BCUT2D eigenvalue weighted by Gasteiger charge is -2.12. The van der Waals surface area contributed by atoms with Crippen LogP contribution in [0, 0.1) is 0 Å². The lowest BCUT2D eigenvalue weighted by Crippen LogP contribution is -3.00. The van der Waals surface area contributed by atoms with Gasteiger partial charge in [-0.15, -0.1) is 0 Å². The maximum Gasteiger partial charge on any atom is 0.357 e. The lowest BCUT2D eigenvalue weighted by molar-refractivity contribution is -0.699. The zero-order valence-corrected chi connectivity index (χ0v) is 12.9. The molecule has 1 aliphatic rings. The van der Waals surface area contributed by atoms with Crippen molar-refractivity contribution in [3.05, 3.63) is 24.8 Å². The maximum atomic E-state index is 2.41. The zero-order chi connectivity index (χ0) is 11.1. The van der Waals surface area contributed by atoms with Crippen molar-refractivity contribution in [1.82, 2.24) is 9.13 Å². The molecule has 2 N–H and O–H groups in total. The molecule has 1 aliphatic heterocycles. The first-order valence-corrected chi connectivity index (χ1v) is 7.34. The average Bonchev–Trinajstić information content (AvgIpc) is 2.72. The molecule has 0 fully saturated rings. The first kappa shape index (κ1) is 15.5. The number of hydrogen-bond donors (Lipinski definition) is 0. The van der Waals surface area contributed by atoms with E-state index in [0.29, 0.717) is 0 Å². The SMILES string of the molecule is Cn1cc[n+]2c1SCSc1n(C)cc[n+]1[BH2-]2.O.[Cl-]. The van der Waals surface area contributed by atoms with Gasteiger partial charge < -0.3 is 26.8 Å². The standard InChI is InChI=1S/C9H14BN4S2.ClH.H2O/c1-11-3-5-13-8(11)15-7-16-9-12(2)4-6-14(9)10-13;;/h3-6H,7,10H2,1-2H3;1H;1H2/q+1;;/p-1. The molecule has 0 saturated carbocycles. The molecule has 0 amide bonds. The molecule has 0 aromatic carbocycles. The Morgan fingerprint density at radius 2 is 1.50 bits per heavy atom. The summed E-state index contributed by atoms with van der Waals surface area (Å²) in [5.41, 5.74) is 0. The number of aromatic nitrogens is 4. The van der Waals surface area contributed by atoms with Crippen LogP contribution in [0.1, 0.15) is 0 Å². The van der Waals surface area contributed by atoms with E-state index >= 15 is 0 Å². The predicted octanol–water partition coefficient (Wildman–Crippen LogP) is -4.33. The Hall–Kier alpha value is -0.565. The number of halogens is 1. The molecule has 0 bridgehead atoms. The monoisotopic (exact) mass is 306 g/mol. The Bertz CT molecular complexity index is 498. The Balaban J connectivity index is 0.000000810. The van der Waals surface area contributed by atoms with Gasteiger partial charge in [-0.1, -0.05) is 0 Å². The van der Waals surface area contributed by atoms with Gasteiger partial charge in [-0.2, -0.15) is 0 Å². The molecular formula is C9H16BClN4OS2. The third-order valence-corrected chi connectivity index (χ3v) is 5.65. The van der Waals surface area contributed by atoms with Crippen LogP contribution in [0.5, 0.6) is 0 Å². The summed E-state index contributed by atoms with van der Waals surface area (Å²) in [6, 6.07) is 0. The quantitative estimate of drug-likeness (QED) is 0.462. The predicted molar refractivity (Wildman–Crippen MR) is 70.8 cm³/mol. The summed E-state index contributed by atoms with van der Waals surface area (Å²) in [6.45, 7) is 0. The van der Waals surface area contributed by atoms with E-state index in [1.54, 1.807) is 0 Å². The second-order valence-electron chi connectivity index (χ2n) is 4.21. The van der Waals surface area contributed by atoms with Gasteiger partial charge in [0.15, 0.2) is 0 Å². The summed E-state index contributed by atoms with van der Waals surface area (Å²) in [5, 5.41) is 3.81. The Morgan fingerprint density at radius 3 is 1.94 bits per heavy atom. The number of hydrogen-bond acceptors (Lipinski definition) is 2. The molecule has 0 unspecified atom stereocenters. The average molecular weight is 307 g/mol. The van der Waals surface area contributed by atoms with Crippen molar-refractivity contribution in [2.75, 3.05) is 5.08 Å².